The molecule has 1 saturated carbocycles. The number of nitro benzene ring substituents is 1. The predicted molar refractivity (Wildman–Crippen MR) is 122 cm³/mol. The molecule has 1 saturated heterocycles. The highest BCUT2D eigenvalue weighted by molar-refractivity contribution is 6.07. The Morgan fingerprint density at radius 3 is 2.18 bits per heavy atom. The molecule has 1 heterocycles. The molecule has 1 aliphatic heterocycles. The third-order valence-corrected chi connectivity index (χ3v) is 7.06. The summed E-state index contributed by atoms with van der Waals surface area (Å²) in [5, 5.41) is 13.6. The number of likely N-dealkylation sites (tertiary alicyclic amines) is 1. The number of carbonyl (C=O) groups excluding carboxylic acids is 3. The van der Waals surface area contributed by atoms with Crippen LogP contribution in [0, 0.1) is 33.8 Å². The maximum atomic E-state index is 13.4. The van der Waals surface area contributed by atoms with Crippen molar-refractivity contribution < 1.29 is 24.0 Å². The number of nitro groups is 1. The summed E-state index contributed by atoms with van der Waals surface area (Å²) in [6.45, 7) is 0. The molecular weight excluding hydrogens is 438 g/mol. The number of fused-ring (bicyclic) bond motifs is 5. The fraction of sp³-hybridized carbons (Fsp3) is 0.320. The fourth-order valence-electron chi connectivity index (χ4n) is 5.47. The van der Waals surface area contributed by atoms with Crippen molar-refractivity contribution in [3.63, 3.8) is 0 Å². The highest BCUT2D eigenvalue weighted by atomic mass is 16.6. The molecule has 2 aromatic carbocycles. The first kappa shape index (κ1) is 21.8. The minimum atomic E-state index is -0.769. The predicted octanol–water partition coefficient (Wildman–Crippen LogP) is 3.48. The van der Waals surface area contributed by atoms with Crippen molar-refractivity contribution in [3.8, 4) is 5.75 Å². The van der Waals surface area contributed by atoms with Gasteiger partial charge in [-0.1, -0.05) is 24.3 Å². The zero-order valence-electron chi connectivity index (χ0n) is 18.4. The van der Waals surface area contributed by atoms with E-state index in [1.807, 2.05) is 12.2 Å². The summed E-state index contributed by atoms with van der Waals surface area (Å²) in [6.07, 6.45) is 4.76. The second-order valence-electron chi connectivity index (χ2n) is 8.89. The molecule has 2 aromatic rings. The zero-order chi connectivity index (χ0) is 24.0. The first-order valence-corrected chi connectivity index (χ1v) is 11.1. The number of benzene rings is 2. The molecule has 2 fully saturated rings. The van der Waals surface area contributed by atoms with Gasteiger partial charge in [0.15, 0.2) is 0 Å². The molecule has 3 amide bonds. The summed E-state index contributed by atoms with van der Waals surface area (Å²) in [5.74, 6) is -0.818. The second kappa shape index (κ2) is 8.40. The number of hydrogen-bond acceptors (Lipinski definition) is 6. The molecule has 5 atom stereocenters. The Balaban J connectivity index is 1.41. The van der Waals surface area contributed by atoms with Crippen molar-refractivity contribution in [1.29, 1.82) is 0 Å². The molecule has 0 radical (unpaired) electrons. The van der Waals surface area contributed by atoms with Gasteiger partial charge in [0.1, 0.15) is 5.75 Å². The maximum Gasteiger partial charge on any atom is 0.269 e. The summed E-state index contributed by atoms with van der Waals surface area (Å²) in [5.41, 5.74) is 0.959. The van der Waals surface area contributed by atoms with Gasteiger partial charge in [0.25, 0.3) is 5.69 Å². The normalized spacial score (nSPS) is 25.4. The number of nitrogens with zero attached hydrogens (tertiary/aromatic N) is 2. The molecule has 5 rings (SSSR count). The number of methoxy groups -OCH3 is 1. The summed E-state index contributed by atoms with van der Waals surface area (Å²) in [4.78, 5) is 51.4. The van der Waals surface area contributed by atoms with Gasteiger partial charge in [-0.05, 0) is 48.1 Å². The van der Waals surface area contributed by atoms with Crippen molar-refractivity contribution in [3.05, 3.63) is 76.4 Å². The van der Waals surface area contributed by atoms with Crippen molar-refractivity contribution in [2.75, 3.05) is 12.4 Å². The molecular formula is C25H23N3O6. The van der Waals surface area contributed by atoms with E-state index in [2.05, 4.69) is 5.32 Å². The Morgan fingerprint density at radius 1 is 1.06 bits per heavy atom. The van der Waals surface area contributed by atoms with Crippen LogP contribution in [0.2, 0.25) is 0 Å². The van der Waals surface area contributed by atoms with Gasteiger partial charge in [0, 0.05) is 17.8 Å². The van der Waals surface area contributed by atoms with Gasteiger partial charge in [0.05, 0.1) is 36.3 Å². The summed E-state index contributed by atoms with van der Waals surface area (Å²) < 4.78 is 5.22. The zero-order valence-corrected chi connectivity index (χ0v) is 18.4. The summed E-state index contributed by atoms with van der Waals surface area (Å²) in [7, 11) is 1.54. The standard InChI is InChI=1S/C25H23N3O6/c1-34-19-10-4-14(5-11-19)20(13-21(29)26-17-6-8-18(9-7-17)28(32)33)27-24(30)22-15-2-3-16(12-15)23(22)25(27)31/h2-11,15-16,20,22-23H,12-13H2,1H3,(H,26,29). The highest BCUT2D eigenvalue weighted by Crippen LogP contribution is 2.54. The van der Waals surface area contributed by atoms with Gasteiger partial charge >= 0.3 is 0 Å². The van der Waals surface area contributed by atoms with Crippen molar-refractivity contribution in [2.24, 2.45) is 23.7 Å². The molecule has 0 aromatic heterocycles. The highest BCUT2D eigenvalue weighted by Gasteiger charge is 2.60. The molecule has 5 unspecified atom stereocenters. The van der Waals surface area contributed by atoms with E-state index in [4.69, 9.17) is 4.74 Å². The van der Waals surface area contributed by atoms with Crippen LogP contribution in [0.4, 0.5) is 11.4 Å². The van der Waals surface area contributed by atoms with Crippen LogP contribution in [0.3, 0.4) is 0 Å². The Morgan fingerprint density at radius 2 is 1.65 bits per heavy atom. The van der Waals surface area contributed by atoms with E-state index < -0.39 is 16.9 Å². The van der Waals surface area contributed by atoms with Crippen molar-refractivity contribution in [1.82, 2.24) is 4.90 Å². The van der Waals surface area contributed by atoms with Crippen molar-refractivity contribution >= 4 is 29.1 Å². The monoisotopic (exact) mass is 461 g/mol. The number of nitrogens with one attached hydrogen (secondary N) is 1. The molecule has 1 N–H and O–H groups in total. The number of amides is 3. The van der Waals surface area contributed by atoms with Crippen LogP contribution in [0.5, 0.6) is 5.75 Å². The first-order chi connectivity index (χ1) is 16.4. The molecule has 9 heteroatoms. The van der Waals surface area contributed by atoms with Gasteiger partial charge in [-0.3, -0.25) is 29.4 Å². The van der Waals surface area contributed by atoms with Crippen LogP contribution in [0.25, 0.3) is 0 Å². The van der Waals surface area contributed by atoms with Gasteiger partial charge in [-0.15, -0.1) is 0 Å². The Kier molecular flexibility index (Phi) is 5.39. The topological polar surface area (TPSA) is 119 Å². The van der Waals surface area contributed by atoms with Crippen LogP contribution < -0.4 is 10.1 Å². The van der Waals surface area contributed by atoms with E-state index in [0.29, 0.717) is 17.0 Å². The third-order valence-electron chi connectivity index (χ3n) is 7.06. The quantitative estimate of drug-likeness (QED) is 0.292. The van der Waals surface area contributed by atoms with Gasteiger partial charge in [-0.2, -0.15) is 0 Å². The second-order valence-corrected chi connectivity index (χ2v) is 8.89. The van der Waals surface area contributed by atoms with Crippen molar-refractivity contribution in [2.45, 2.75) is 18.9 Å². The molecule has 34 heavy (non-hydrogen) atoms. The number of allylic oxidation sites excluding steroid dienone is 2. The Labute approximate surface area is 195 Å². The van der Waals surface area contributed by atoms with Crippen LogP contribution >= 0.6 is 0 Å². The van der Waals surface area contributed by atoms with Crippen LogP contribution in [0.15, 0.2) is 60.7 Å². The molecule has 3 aliphatic rings. The lowest BCUT2D eigenvalue weighted by Crippen LogP contribution is -2.38. The summed E-state index contributed by atoms with van der Waals surface area (Å²) in [6, 6.07) is 11.7. The molecule has 9 nitrogen and oxygen atoms in total. The average molecular weight is 461 g/mol. The lowest BCUT2D eigenvalue weighted by molar-refractivity contribution is -0.384. The number of imide groups is 1. The van der Waals surface area contributed by atoms with E-state index in [0.717, 1.165) is 6.42 Å². The lowest BCUT2D eigenvalue weighted by atomic mass is 9.85. The van der Waals surface area contributed by atoms with E-state index in [1.54, 1.807) is 31.4 Å². The first-order valence-electron chi connectivity index (χ1n) is 11.1. The fourth-order valence-corrected chi connectivity index (χ4v) is 5.47. The molecule has 2 bridgehead atoms. The number of carbonyl (C=O) groups is 3. The average Bonchev–Trinajstić information content (AvgIpc) is 3.52. The van der Waals surface area contributed by atoms with E-state index in [-0.39, 0.29) is 47.6 Å². The lowest BCUT2D eigenvalue weighted by Gasteiger charge is -2.28. The number of rotatable bonds is 7. The molecule has 174 valence electrons. The number of ether oxygens (including phenoxy) is 1. The summed E-state index contributed by atoms with van der Waals surface area (Å²) >= 11 is 0. The van der Waals surface area contributed by atoms with E-state index in [1.165, 1.54) is 29.2 Å². The Bertz CT molecular complexity index is 1160. The third kappa shape index (κ3) is 3.63. The number of non-ortho nitro benzene ring substituents is 1. The van der Waals surface area contributed by atoms with Crippen LogP contribution in [-0.2, 0) is 14.4 Å². The number of anilines is 1. The molecule has 0 spiro atoms. The van der Waals surface area contributed by atoms with E-state index in [9.17, 15) is 24.5 Å². The van der Waals surface area contributed by atoms with Gasteiger partial charge < -0.3 is 10.1 Å². The number of hydrogen-bond donors (Lipinski definition) is 1. The van der Waals surface area contributed by atoms with Gasteiger partial charge in [-0.25, -0.2) is 0 Å². The largest absolute Gasteiger partial charge is 0.497 e. The van der Waals surface area contributed by atoms with Crippen LogP contribution in [-0.4, -0.2) is 34.7 Å². The minimum Gasteiger partial charge on any atom is -0.497 e. The SMILES string of the molecule is COc1ccc(C(CC(=O)Nc2ccc([N+](=O)[O-])cc2)N2C(=O)C3C4C=CC(C4)C3C2=O)cc1. The Hall–Kier alpha value is -4.01. The van der Waals surface area contributed by atoms with E-state index >= 15 is 0 Å². The van der Waals surface area contributed by atoms with Gasteiger partial charge in [0.2, 0.25) is 17.7 Å². The maximum absolute atomic E-state index is 13.4. The molecule has 2 aliphatic carbocycles. The van der Waals surface area contributed by atoms with Crippen LogP contribution in [0.1, 0.15) is 24.4 Å². The minimum absolute atomic E-state index is 0.0712. The smallest absolute Gasteiger partial charge is 0.269 e.